The van der Waals surface area contributed by atoms with Crippen molar-refractivity contribution in [1.82, 2.24) is 4.31 Å². The Morgan fingerprint density at radius 3 is 2.33 bits per heavy atom. The maximum absolute atomic E-state index is 12.6. The molecule has 0 heterocycles. The number of rotatable bonds is 6. The van der Waals surface area contributed by atoms with E-state index >= 15 is 0 Å². The zero-order valence-corrected chi connectivity index (χ0v) is 14.0. The van der Waals surface area contributed by atoms with E-state index in [1.165, 1.54) is 19.2 Å². The van der Waals surface area contributed by atoms with E-state index in [0.29, 0.717) is 0 Å². The van der Waals surface area contributed by atoms with Gasteiger partial charge < -0.3 is 9.84 Å². The lowest BCUT2D eigenvalue weighted by atomic mass is 10.3. The lowest BCUT2D eigenvalue weighted by molar-refractivity contribution is -0.137. The maximum atomic E-state index is 12.6. The van der Waals surface area contributed by atoms with Crippen LogP contribution >= 0.6 is 23.2 Å². The summed E-state index contributed by atoms with van der Waals surface area (Å²) in [6, 6.07) is 2.04. The molecule has 0 saturated heterocycles. The number of methoxy groups -OCH3 is 1. The van der Waals surface area contributed by atoms with E-state index in [2.05, 4.69) is 0 Å². The van der Waals surface area contributed by atoms with Gasteiger partial charge in [0.15, 0.2) is 0 Å². The Balaban J connectivity index is 3.42. The Kier molecular flexibility index (Phi) is 5.86. The molecule has 0 saturated carbocycles. The smallest absolute Gasteiger partial charge is 0.318 e. The highest BCUT2D eigenvalue weighted by molar-refractivity contribution is 7.89. The van der Waals surface area contributed by atoms with Gasteiger partial charge in [-0.3, -0.25) is 4.79 Å². The minimum absolute atomic E-state index is 0.0423. The maximum Gasteiger partial charge on any atom is 0.318 e. The average molecular weight is 356 g/mol. The molecule has 1 aromatic carbocycles. The summed E-state index contributed by atoms with van der Waals surface area (Å²) in [4.78, 5) is 10.6. The zero-order valence-electron chi connectivity index (χ0n) is 11.6. The molecule has 0 unspecified atom stereocenters. The van der Waals surface area contributed by atoms with Crippen molar-refractivity contribution in [2.24, 2.45) is 0 Å². The number of benzene rings is 1. The number of hydrogen-bond donors (Lipinski definition) is 1. The largest absolute Gasteiger partial charge is 0.495 e. The molecule has 0 aliphatic rings. The van der Waals surface area contributed by atoms with Crippen molar-refractivity contribution < 1.29 is 23.1 Å². The van der Waals surface area contributed by atoms with Crippen molar-refractivity contribution in [1.29, 1.82) is 0 Å². The molecule has 1 rings (SSSR count). The molecule has 0 atom stereocenters. The summed E-state index contributed by atoms with van der Waals surface area (Å²) in [5.41, 5.74) is 0. The lowest BCUT2D eigenvalue weighted by Crippen LogP contribution is -2.40. The van der Waals surface area contributed by atoms with Crippen LogP contribution in [-0.2, 0) is 14.8 Å². The summed E-state index contributed by atoms with van der Waals surface area (Å²) in [6.07, 6.45) is 0. The van der Waals surface area contributed by atoms with E-state index < -0.39 is 28.6 Å². The average Bonchev–Trinajstić information content (AvgIpc) is 2.38. The number of ether oxygens (including phenoxy) is 1. The van der Waals surface area contributed by atoms with Gasteiger partial charge in [-0.15, -0.1) is 0 Å². The molecule has 0 fully saturated rings. The van der Waals surface area contributed by atoms with Gasteiger partial charge in [0.05, 0.1) is 12.1 Å². The number of carboxylic acid groups (broad SMARTS) is 1. The molecule has 0 aromatic heterocycles. The van der Waals surface area contributed by atoms with Crippen LogP contribution < -0.4 is 4.74 Å². The predicted octanol–water partition coefficient (Wildman–Crippen LogP) is 2.49. The van der Waals surface area contributed by atoms with Crippen molar-refractivity contribution in [3.63, 3.8) is 0 Å². The van der Waals surface area contributed by atoms with E-state index in [1.54, 1.807) is 13.8 Å². The van der Waals surface area contributed by atoms with Crippen LogP contribution in [0.25, 0.3) is 0 Å². The molecule has 21 heavy (non-hydrogen) atoms. The monoisotopic (exact) mass is 355 g/mol. The van der Waals surface area contributed by atoms with E-state index in [4.69, 9.17) is 33.0 Å². The van der Waals surface area contributed by atoms with Crippen LogP contribution in [0.5, 0.6) is 5.75 Å². The highest BCUT2D eigenvalue weighted by Gasteiger charge is 2.32. The van der Waals surface area contributed by atoms with Gasteiger partial charge >= 0.3 is 5.97 Å². The summed E-state index contributed by atoms with van der Waals surface area (Å²) in [5.74, 6) is -1.03. The fraction of sp³-hybridized carbons (Fsp3) is 0.417. The summed E-state index contributed by atoms with van der Waals surface area (Å²) >= 11 is 11.9. The molecule has 0 aliphatic carbocycles. The van der Waals surface area contributed by atoms with Crippen LogP contribution in [0.2, 0.25) is 10.0 Å². The first-order valence-corrected chi connectivity index (χ1v) is 8.08. The zero-order chi connectivity index (χ0) is 16.4. The van der Waals surface area contributed by atoms with Crippen LogP contribution in [0.15, 0.2) is 17.0 Å². The van der Waals surface area contributed by atoms with Crippen molar-refractivity contribution in [3.05, 3.63) is 22.2 Å². The minimum atomic E-state index is -4.09. The molecule has 0 amide bonds. The van der Waals surface area contributed by atoms with Crippen molar-refractivity contribution in [3.8, 4) is 5.75 Å². The molecule has 118 valence electrons. The highest BCUT2D eigenvalue weighted by atomic mass is 35.5. The molecule has 0 bridgehead atoms. The third-order valence-electron chi connectivity index (χ3n) is 2.69. The normalized spacial score (nSPS) is 12.0. The molecule has 0 aliphatic heterocycles. The van der Waals surface area contributed by atoms with Crippen molar-refractivity contribution in [2.75, 3.05) is 13.7 Å². The van der Waals surface area contributed by atoms with E-state index in [9.17, 15) is 13.2 Å². The number of carbonyl (C=O) groups is 1. The standard InChI is InChI=1S/C12H15Cl2NO5S/c1-7(2)15(6-10(16)17)21(18,19)9-5-4-8(20-3)11(13)12(9)14/h4-5,7H,6H2,1-3H3,(H,16,17). The Labute approximate surface area is 133 Å². The van der Waals surface area contributed by atoms with Gasteiger partial charge in [0, 0.05) is 6.04 Å². The first-order chi connectivity index (χ1) is 9.62. The third kappa shape index (κ3) is 3.79. The van der Waals surface area contributed by atoms with Gasteiger partial charge in [0.2, 0.25) is 10.0 Å². The third-order valence-corrected chi connectivity index (χ3v) is 5.73. The van der Waals surface area contributed by atoms with Crippen LogP contribution in [0.3, 0.4) is 0 Å². The first kappa shape index (κ1) is 18.0. The number of halogens is 2. The number of sulfonamides is 1. The van der Waals surface area contributed by atoms with E-state index in [-0.39, 0.29) is 20.7 Å². The van der Waals surface area contributed by atoms with Crippen LogP contribution in [0.4, 0.5) is 0 Å². The topological polar surface area (TPSA) is 83.9 Å². The predicted molar refractivity (Wildman–Crippen MR) is 79.7 cm³/mol. The van der Waals surface area contributed by atoms with Crippen molar-refractivity contribution >= 4 is 39.2 Å². The van der Waals surface area contributed by atoms with Gasteiger partial charge in [0.1, 0.15) is 22.2 Å². The lowest BCUT2D eigenvalue weighted by Gasteiger charge is -2.24. The molecule has 0 spiro atoms. The quantitative estimate of drug-likeness (QED) is 0.847. The van der Waals surface area contributed by atoms with Crippen molar-refractivity contribution in [2.45, 2.75) is 24.8 Å². The molecular weight excluding hydrogens is 341 g/mol. The van der Waals surface area contributed by atoms with Gasteiger partial charge in [-0.25, -0.2) is 8.42 Å². The SMILES string of the molecule is COc1ccc(S(=O)(=O)N(CC(=O)O)C(C)C)c(Cl)c1Cl. The summed E-state index contributed by atoms with van der Waals surface area (Å²) in [5, 5.41) is 8.62. The number of hydrogen-bond acceptors (Lipinski definition) is 4. The van der Waals surface area contributed by atoms with E-state index in [0.717, 1.165) is 4.31 Å². The first-order valence-electron chi connectivity index (χ1n) is 5.88. The molecule has 0 radical (unpaired) electrons. The summed E-state index contributed by atoms with van der Waals surface area (Å²) in [6.45, 7) is 2.47. The van der Waals surface area contributed by atoms with Crippen LogP contribution in [0, 0.1) is 0 Å². The summed E-state index contributed by atoms with van der Waals surface area (Å²) in [7, 11) is -2.72. The van der Waals surface area contributed by atoms with Gasteiger partial charge in [0.25, 0.3) is 0 Å². The fourth-order valence-corrected chi connectivity index (χ4v) is 4.08. The van der Waals surface area contributed by atoms with E-state index in [1.807, 2.05) is 0 Å². The fourth-order valence-electron chi connectivity index (χ4n) is 1.68. The number of aliphatic carboxylic acids is 1. The Hall–Kier alpha value is -1.02. The number of carboxylic acids is 1. The second kappa shape index (κ2) is 6.83. The number of nitrogens with zero attached hydrogens (tertiary/aromatic N) is 1. The van der Waals surface area contributed by atoms with Gasteiger partial charge in [-0.2, -0.15) is 4.31 Å². The molecule has 1 N–H and O–H groups in total. The molecule has 6 nitrogen and oxygen atoms in total. The minimum Gasteiger partial charge on any atom is -0.495 e. The Bertz CT molecular complexity index is 645. The highest BCUT2D eigenvalue weighted by Crippen LogP contribution is 2.37. The molecule has 1 aromatic rings. The molecule has 9 heteroatoms. The van der Waals surface area contributed by atoms with Crippen LogP contribution in [0.1, 0.15) is 13.8 Å². The van der Waals surface area contributed by atoms with Gasteiger partial charge in [-0.1, -0.05) is 23.2 Å². The second-order valence-corrected chi connectivity index (χ2v) is 7.05. The summed E-state index contributed by atoms with van der Waals surface area (Å²) < 4.78 is 30.9. The Morgan fingerprint density at radius 2 is 1.90 bits per heavy atom. The Morgan fingerprint density at radius 1 is 1.33 bits per heavy atom. The second-order valence-electron chi connectivity index (χ2n) is 4.43. The molecular formula is C12H15Cl2NO5S. The van der Waals surface area contributed by atoms with Gasteiger partial charge in [-0.05, 0) is 26.0 Å². The van der Waals surface area contributed by atoms with Crippen LogP contribution in [-0.4, -0.2) is 43.5 Å².